The Labute approximate surface area is 231 Å². The number of fused-ring (bicyclic) bond motifs is 1. The summed E-state index contributed by atoms with van der Waals surface area (Å²) in [5.74, 6) is -0.897. The van der Waals surface area contributed by atoms with Gasteiger partial charge in [0.05, 0.1) is 24.7 Å². The molecule has 0 radical (unpaired) electrons. The number of benzene rings is 1. The van der Waals surface area contributed by atoms with Crippen molar-refractivity contribution in [2.45, 2.75) is 70.7 Å². The number of carbonyl (C=O) groups excluding carboxylic acids is 4. The van der Waals surface area contributed by atoms with Gasteiger partial charge in [-0.1, -0.05) is 12.1 Å². The Hall–Kier alpha value is -2.98. The predicted octanol–water partition coefficient (Wildman–Crippen LogP) is 2.75. The summed E-state index contributed by atoms with van der Waals surface area (Å²) in [6.07, 6.45) is 3.46. The van der Waals surface area contributed by atoms with Crippen molar-refractivity contribution < 1.29 is 28.7 Å². The first-order valence-corrected chi connectivity index (χ1v) is 14.2. The van der Waals surface area contributed by atoms with E-state index in [2.05, 4.69) is 0 Å². The van der Waals surface area contributed by atoms with Crippen LogP contribution in [0.5, 0.6) is 0 Å². The summed E-state index contributed by atoms with van der Waals surface area (Å²) >= 11 is 0. The lowest BCUT2D eigenvalue weighted by molar-refractivity contribution is -0.154. The summed E-state index contributed by atoms with van der Waals surface area (Å²) in [6.45, 7) is 6.42. The Morgan fingerprint density at radius 3 is 2.13 bits per heavy atom. The number of hydrogen-bond donors (Lipinski definition) is 0. The highest BCUT2D eigenvalue weighted by Crippen LogP contribution is 2.37. The normalized spacial score (nSPS) is 25.5. The molecule has 1 aromatic carbocycles. The van der Waals surface area contributed by atoms with Crippen molar-refractivity contribution in [3.63, 3.8) is 0 Å². The van der Waals surface area contributed by atoms with E-state index in [0.29, 0.717) is 31.5 Å². The number of imide groups is 1. The molecule has 1 aliphatic carbocycles. The quantitative estimate of drug-likeness (QED) is 0.476. The highest BCUT2D eigenvalue weighted by molar-refractivity contribution is 6.00. The number of amides is 5. The molecule has 214 valence electrons. The number of likely N-dealkylation sites (tertiary alicyclic amines) is 1. The summed E-state index contributed by atoms with van der Waals surface area (Å²) in [4.78, 5) is 59.8. The molecule has 10 nitrogen and oxygen atoms in total. The molecular weight excluding hydrogens is 500 g/mol. The van der Waals surface area contributed by atoms with Gasteiger partial charge in [-0.15, -0.1) is 0 Å². The van der Waals surface area contributed by atoms with Crippen LogP contribution in [0.3, 0.4) is 0 Å². The number of piperidine rings is 1. The fourth-order valence-electron chi connectivity index (χ4n) is 6.18. The molecule has 0 N–H and O–H groups in total. The van der Waals surface area contributed by atoms with Gasteiger partial charge in [0.15, 0.2) is 0 Å². The Morgan fingerprint density at radius 1 is 0.923 bits per heavy atom. The second-order valence-corrected chi connectivity index (χ2v) is 10.6. The average Bonchev–Trinajstić information content (AvgIpc) is 2.97. The van der Waals surface area contributed by atoms with Crippen molar-refractivity contribution >= 4 is 23.8 Å². The number of urea groups is 1. The van der Waals surface area contributed by atoms with Gasteiger partial charge in [-0.05, 0) is 63.6 Å². The molecule has 4 unspecified atom stereocenters. The maximum atomic E-state index is 13.8. The van der Waals surface area contributed by atoms with Gasteiger partial charge in [0.2, 0.25) is 11.8 Å². The van der Waals surface area contributed by atoms with Crippen LogP contribution in [-0.4, -0.2) is 109 Å². The first-order valence-electron chi connectivity index (χ1n) is 14.2. The first-order chi connectivity index (χ1) is 18.8. The van der Waals surface area contributed by atoms with E-state index in [4.69, 9.17) is 9.47 Å². The van der Waals surface area contributed by atoms with E-state index in [1.807, 2.05) is 18.7 Å². The van der Waals surface area contributed by atoms with E-state index >= 15 is 0 Å². The van der Waals surface area contributed by atoms with Crippen LogP contribution >= 0.6 is 0 Å². The van der Waals surface area contributed by atoms with Crippen molar-refractivity contribution in [1.82, 2.24) is 19.6 Å². The zero-order chi connectivity index (χ0) is 28.1. The molecule has 4 atom stereocenters. The zero-order valence-electron chi connectivity index (χ0n) is 23.6. The van der Waals surface area contributed by atoms with Crippen LogP contribution in [0, 0.1) is 5.92 Å². The molecule has 0 spiro atoms. The van der Waals surface area contributed by atoms with Gasteiger partial charge in [-0.2, -0.15) is 0 Å². The third kappa shape index (κ3) is 6.11. The molecule has 2 heterocycles. The van der Waals surface area contributed by atoms with Crippen molar-refractivity contribution in [2.24, 2.45) is 5.92 Å². The monoisotopic (exact) mass is 542 g/mol. The highest BCUT2D eigenvalue weighted by Gasteiger charge is 2.52. The van der Waals surface area contributed by atoms with Crippen molar-refractivity contribution in [3.8, 4) is 0 Å². The Morgan fingerprint density at radius 2 is 1.54 bits per heavy atom. The molecule has 2 saturated heterocycles. The molecule has 10 heteroatoms. The van der Waals surface area contributed by atoms with E-state index in [9.17, 15) is 19.2 Å². The third-order valence-electron chi connectivity index (χ3n) is 8.51. The van der Waals surface area contributed by atoms with E-state index in [1.165, 1.54) is 4.90 Å². The molecule has 1 saturated carbocycles. The van der Waals surface area contributed by atoms with Crippen LogP contribution in [0.4, 0.5) is 4.79 Å². The number of carbonyl (C=O) groups is 4. The van der Waals surface area contributed by atoms with Gasteiger partial charge in [0.1, 0.15) is 6.54 Å². The van der Waals surface area contributed by atoms with Crippen LogP contribution in [-0.2, 0) is 25.6 Å². The molecule has 2 aliphatic heterocycles. The minimum Gasteiger partial charge on any atom is -0.379 e. The number of rotatable bonds is 9. The van der Waals surface area contributed by atoms with Crippen molar-refractivity contribution in [3.05, 3.63) is 35.4 Å². The minimum atomic E-state index is -0.497. The molecule has 4 rings (SSSR count). The van der Waals surface area contributed by atoms with Crippen LogP contribution in [0.2, 0.25) is 0 Å². The highest BCUT2D eigenvalue weighted by atomic mass is 16.5. The summed E-state index contributed by atoms with van der Waals surface area (Å²) in [5.41, 5.74) is 1.35. The summed E-state index contributed by atoms with van der Waals surface area (Å²) in [5, 5.41) is 0. The van der Waals surface area contributed by atoms with Crippen LogP contribution < -0.4 is 0 Å². The van der Waals surface area contributed by atoms with Crippen LogP contribution in [0.25, 0.3) is 0 Å². The largest absolute Gasteiger partial charge is 0.379 e. The first kappa shape index (κ1) is 29.0. The van der Waals surface area contributed by atoms with Crippen molar-refractivity contribution in [2.75, 3.05) is 46.9 Å². The minimum absolute atomic E-state index is 0.0100. The van der Waals surface area contributed by atoms with Gasteiger partial charge in [-0.25, -0.2) is 4.79 Å². The Balaban J connectivity index is 1.56. The maximum absolute atomic E-state index is 13.8. The topological polar surface area (TPSA) is 99.7 Å². The van der Waals surface area contributed by atoms with Gasteiger partial charge in [-0.3, -0.25) is 19.3 Å². The van der Waals surface area contributed by atoms with Gasteiger partial charge in [0, 0.05) is 52.0 Å². The lowest BCUT2D eigenvalue weighted by Gasteiger charge is -2.49. The zero-order valence-corrected chi connectivity index (χ0v) is 23.6. The molecular formula is C29H42N4O6. The predicted molar refractivity (Wildman–Crippen MR) is 145 cm³/mol. The lowest BCUT2D eigenvalue weighted by atomic mass is 9.78. The van der Waals surface area contributed by atoms with Gasteiger partial charge >= 0.3 is 6.03 Å². The molecule has 0 aromatic heterocycles. The number of likely N-dealkylation sites (N-methyl/N-ethyl adjacent to an activating group) is 1. The molecule has 39 heavy (non-hydrogen) atoms. The SMILES string of the molecule is CCN(CC)C(=O)CN1C(=O)N(Cc2ccc(C(=O)N3CCCCC3)cc2)C(=O)C2CC(OC)C(OC)CC21. The number of nitrogens with zero attached hydrogens (tertiary/aromatic N) is 4. The lowest BCUT2D eigenvalue weighted by Crippen LogP contribution is -2.66. The average molecular weight is 543 g/mol. The molecule has 3 aliphatic rings. The Kier molecular flexibility index (Phi) is 9.61. The third-order valence-corrected chi connectivity index (χ3v) is 8.51. The standard InChI is InChI=1S/C29H42N4O6/c1-5-30(6-2)26(34)19-32-23-17-25(39-4)24(38-3)16-22(23)28(36)33(29(32)37)18-20-10-12-21(13-11-20)27(35)31-14-8-7-9-15-31/h10-13,22-25H,5-9,14-19H2,1-4H3. The molecule has 1 aromatic rings. The van der Waals surface area contributed by atoms with Crippen LogP contribution in [0.1, 0.15) is 61.9 Å². The number of methoxy groups -OCH3 is 2. The fourth-order valence-corrected chi connectivity index (χ4v) is 6.18. The van der Waals surface area contributed by atoms with Gasteiger partial charge in [0.25, 0.3) is 5.91 Å². The number of ether oxygens (including phenoxy) is 2. The van der Waals surface area contributed by atoms with Crippen molar-refractivity contribution in [1.29, 1.82) is 0 Å². The maximum Gasteiger partial charge on any atom is 0.327 e. The van der Waals surface area contributed by atoms with E-state index in [-0.39, 0.29) is 43.0 Å². The van der Waals surface area contributed by atoms with Gasteiger partial charge < -0.3 is 24.2 Å². The smallest absolute Gasteiger partial charge is 0.327 e. The Bertz CT molecular complexity index is 1040. The summed E-state index contributed by atoms with van der Waals surface area (Å²) in [7, 11) is 3.20. The second kappa shape index (κ2) is 12.9. The second-order valence-electron chi connectivity index (χ2n) is 10.6. The van der Waals surface area contributed by atoms with E-state index in [0.717, 1.165) is 37.9 Å². The summed E-state index contributed by atoms with van der Waals surface area (Å²) in [6, 6.07) is 6.22. The fraction of sp³-hybridized carbons (Fsp3) is 0.655. The summed E-state index contributed by atoms with van der Waals surface area (Å²) < 4.78 is 11.3. The van der Waals surface area contributed by atoms with Crippen LogP contribution in [0.15, 0.2) is 24.3 Å². The van der Waals surface area contributed by atoms with E-state index in [1.54, 1.807) is 48.3 Å². The molecule has 5 amide bonds. The molecule has 3 fully saturated rings. The van der Waals surface area contributed by atoms with E-state index < -0.39 is 18.0 Å². The molecule has 0 bridgehead atoms. The number of hydrogen-bond acceptors (Lipinski definition) is 6.